The van der Waals surface area contributed by atoms with Crippen molar-refractivity contribution < 1.29 is 23.5 Å². The number of aryl methyl sites for hydroxylation is 1. The summed E-state index contributed by atoms with van der Waals surface area (Å²) in [7, 11) is 1.46. The maximum Gasteiger partial charge on any atom is 0.267 e. The molecule has 1 saturated heterocycles. The van der Waals surface area contributed by atoms with Crippen LogP contribution in [0.1, 0.15) is 47.2 Å². The van der Waals surface area contributed by atoms with Crippen LogP contribution in [0.2, 0.25) is 0 Å². The zero-order chi connectivity index (χ0) is 24.1. The predicted octanol–water partition coefficient (Wildman–Crippen LogP) is 3.01. The van der Waals surface area contributed by atoms with Gasteiger partial charge in [-0.2, -0.15) is 0 Å². The molecular weight excluding hydrogens is 415 g/mol. The topological polar surface area (TPSA) is 115 Å². The molecule has 0 saturated carbocycles. The Morgan fingerprint density at radius 3 is 2.56 bits per heavy atom. The molecule has 2 heterocycles. The first-order chi connectivity index (χ1) is 15.0. The molecule has 0 spiro atoms. The van der Waals surface area contributed by atoms with Crippen LogP contribution in [0, 0.1) is 24.1 Å². The first-order valence-corrected chi connectivity index (χ1v) is 10.1. The molecule has 0 radical (unpaired) electrons. The summed E-state index contributed by atoms with van der Waals surface area (Å²) in [5, 5.41) is 2.37. The molecule has 1 aliphatic heterocycles. The van der Waals surface area contributed by atoms with Gasteiger partial charge in [-0.05, 0) is 42.0 Å². The number of hydrogen-bond donors (Lipinski definition) is 2. The molecule has 8 nitrogen and oxygen atoms in total. The molecule has 3 N–H and O–H groups in total. The standard InChI is InChI=1S/C16H22FNO2.C7H7N3O2/c1-10-6-12(14(20-5)7-13(10)17)15(19)18-8-11(2)16(3,4)9-18;8-7(12)6-3-5(10-4-11)1-2-9-6/h6-7,11H,8-9H2,1-5H3;1-4H,(H2,8,12)(H,9,10,11). The quantitative estimate of drug-likeness (QED) is 0.688. The third-order valence-corrected chi connectivity index (χ3v) is 5.66. The van der Waals surface area contributed by atoms with Crippen LogP contribution in [0.5, 0.6) is 5.75 Å². The molecule has 0 bridgehead atoms. The van der Waals surface area contributed by atoms with E-state index in [-0.39, 0.29) is 22.8 Å². The van der Waals surface area contributed by atoms with Crippen molar-refractivity contribution in [2.24, 2.45) is 17.1 Å². The van der Waals surface area contributed by atoms with Crippen LogP contribution in [0.3, 0.4) is 0 Å². The third-order valence-electron chi connectivity index (χ3n) is 5.66. The number of nitrogens with two attached hydrogens (primary N) is 1. The number of halogens is 1. The highest BCUT2D eigenvalue weighted by atomic mass is 19.1. The lowest BCUT2D eigenvalue weighted by atomic mass is 9.84. The number of hydrogen-bond acceptors (Lipinski definition) is 5. The molecule has 172 valence electrons. The Morgan fingerprint density at radius 2 is 2.03 bits per heavy atom. The number of rotatable bonds is 5. The number of likely N-dealkylation sites (tertiary alicyclic amines) is 1. The maximum atomic E-state index is 13.6. The van der Waals surface area contributed by atoms with E-state index in [4.69, 9.17) is 10.5 Å². The summed E-state index contributed by atoms with van der Waals surface area (Å²) >= 11 is 0. The fraction of sp³-hybridized carbons (Fsp3) is 0.391. The predicted molar refractivity (Wildman–Crippen MR) is 119 cm³/mol. The molecule has 1 atom stereocenters. The molecule has 1 fully saturated rings. The number of aromatic nitrogens is 1. The van der Waals surface area contributed by atoms with Crippen LogP contribution < -0.4 is 15.8 Å². The number of nitrogens with zero attached hydrogens (tertiary/aromatic N) is 2. The van der Waals surface area contributed by atoms with Crippen molar-refractivity contribution in [3.05, 3.63) is 53.1 Å². The number of nitrogens with one attached hydrogen (secondary N) is 1. The van der Waals surface area contributed by atoms with E-state index in [9.17, 15) is 18.8 Å². The number of pyridine rings is 1. The van der Waals surface area contributed by atoms with Gasteiger partial charge in [0, 0.05) is 31.0 Å². The number of benzene rings is 1. The minimum atomic E-state index is -0.621. The van der Waals surface area contributed by atoms with Crippen molar-refractivity contribution in [2.75, 3.05) is 25.5 Å². The van der Waals surface area contributed by atoms with Crippen molar-refractivity contribution in [2.45, 2.75) is 27.7 Å². The van der Waals surface area contributed by atoms with E-state index in [1.807, 2.05) is 4.90 Å². The van der Waals surface area contributed by atoms with Gasteiger partial charge in [-0.3, -0.25) is 19.4 Å². The molecule has 1 aromatic heterocycles. The van der Waals surface area contributed by atoms with Gasteiger partial charge in [0.25, 0.3) is 11.8 Å². The summed E-state index contributed by atoms with van der Waals surface area (Å²) in [6.07, 6.45) is 1.91. The second kappa shape index (κ2) is 10.2. The summed E-state index contributed by atoms with van der Waals surface area (Å²) in [6, 6.07) is 5.82. The maximum absolute atomic E-state index is 13.6. The summed E-state index contributed by atoms with van der Waals surface area (Å²) in [5.41, 5.74) is 6.59. The van der Waals surface area contributed by atoms with Crippen molar-refractivity contribution in [3.8, 4) is 5.75 Å². The second-order valence-corrected chi connectivity index (χ2v) is 8.43. The molecule has 0 aliphatic carbocycles. The molecule has 2 aromatic rings. The van der Waals surface area contributed by atoms with Crippen LogP contribution in [0.25, 0.3) is 0 Å². The highest BCUT2D eigenvalue weighted by Crippen LogP contribution is 2.36. The summed E-state index contributed by atoms with van der Waals surface area (Å²) in [5.74, 6) is -0.310. The average Bonchev–Trinajstić information content (AvgIpc) is 3.02. The lowest BCUT2D eigenvalue weighted by Gasteiger charge is -2.22. The Labute approximate surface area is 187 Å². The Hall–Kier alpha value is -3.49. The van der Waals surface area contributed by atoms with Gasteiger partial charge in [-0.1, -0.05) is 20.8 Å². The van der Waals surface area contributed by atoms with Crippen molar-refractivity contribution in [1.82, 2.24) is 9.88 Å². The molecule has 3 rings (SSSR count). The highest BCUT2D eigenvalue weighted by molar-refractivity contribution is 5.97. The third kappa shape index (κ3) is 5.81. The lowest BCUT2D eigenvalue weighted by Crippen LogP contribution is -2.30. The van der Waals surface area contributed by atoms with Gasteiger partial charge >= 0.3 is 0 Å². The fourth-order valence-electron chi connectivity index (χ4n) is 3.34. The van der Waals surface area contributed by atoms with E-state index in [2.05, 4.69) is 31.1 Å². The van der Waals surface area contributed by atoms with Crippen LogP contribution in [-0.2, 0) is 4.79 Å². The second-order valence-electron chi connectivity index (χ2n) is 8.43. The van der Waals surface area contributed by atoms with E-state index < -0.39 is 5.91 Å². The summed E-state index contributed by atoms with van der Waals surface area (Å²) < 4.78 is 18.7. The summed E-state index contributed by atoms with van der Waals surface area (Å²) in [6.45, 7) is 9.58. The van der Waals surface area contributed by atoms with Gasteiger partial charge in [0.15, 0.2) is 0 Å². The van der Waals surface area contributed by atoms with Gasteiger partial charge in [0.1, 0.15) is 17.3 Å². The number of carbonyl (C=O) groups excluding carboxylic acids is 3. The largest absolute Gasteiger partial charge is 0.496 e. The SMILES string of the molecule is COc1cc(F)c(C)cc1C(=O)N1CC(C)C(C)(C)C1.NC(=O)c1cc(NC=O)ccn1. The summed E-state index contributed by atoms with van der Waals surface area (Å²) in [4.78, 5) is 38.8. The van der Waals surface area contributed by atoms with Gasteiger partial charge in [0.05, 0.1) is 12.7 Å². The van der Waals surface area contributed by atoms with E-state index >= 15 is 0 Å². The zero-order valence-electron chi connectivity index (χ0n) is 18.9. The molecule has 9 heteroatoms. The number of methoxy groups -OCH3 is 1. The lowest BCUT2D eigenvalue weighted by molar-refractivity contribution is -0.105. The molecule has 1 aliphatic rings. The van der Waals surface area contributed by atoms with Crippen molar-refractivity contribution in [3.63, 3.8) is 0 Å². The molecule has 3 amide bonds. The molecule has 1 aromatic carbocycles. The highest BCUT2D eigenvalue weighted by Gasteiger charge is 2.39. The number of ether oxygens (including phenoxy) is 1. The van der Waals surface area contributed by atoms with Crippen LogP contribution in [0.4, 0.5) is 10.1 Å². The smallest absolute Gasteiger partial charge is 0.267 e. The van der Waals surface area contributed by atoms with Gasteiger partial charge in [0.2, 0.25) is 6.41 Å². The molecule has 32 heavy (non-hydrogen) atoms. The zero-order valence-corrected chi connectivity index (χ0v) is 18.9. The van der Waals surface area contributed by atoms with E-state index in [1.54, 1.807) is 19.1 Å². The Kier molecular flexibility index (Phi) is 7.91. The Bertz CT molecular complexity index is 1010. The van der Waals surface area contributed by atoms with E-state index in [0.29, 0.717) is 41.4 Å². The van der Waals surface area contributed by atoms with Gasteiger partial charge in [-0.25, -0.2) is 4.39 Å². The van der Waals surface area contributed by atoms with Gasteiger partial charge in [-0.15, -0.1) is 0 Å². The minimum Gasteiger partial charge on any atom is -0.496 e. The normalized spacial score (nSPS) is 16.6. The average molecular weight is 445 g/mol. The van der Waals surface area contributed by atoms with Crippen LogP contribution in [-0.4, -0.2) is 48.3 Å². The fourth-order valence-corrected chi connectivity index (χ4v) is 3.34. The number of anilines is 1. The van der Waals surface area contributed by atoms with Crippen LogP contribution in [0.15, 0.2) is 30.5 Å². The Morgan fingerprint density at radius 1 is 1.34 bits per heavy atom. The molecule has 1 unspecified atom stereocenters. The minimum absolute atomic E-state index is 0.0811. The Balaban J connectivity index is 0.000000258. The van der Waals surface area contributed by atoms with Gasteiger partial charge < -0.3 is 20.7 Å². The number of primary amides is 1. The number of carbonyl (C=O) groups is 3. The van der Waals surface area contributed by atoms with Crippen LogP contribution >= 0.6 is 0 Å². The first kappa shape index (κ1) is 24.8. The first-order valence-electron chi connectivity index (χ1n) is 10.1. The monoisotopic (exact) mass is 444 g/mol. The van der Waals surface area contributed by atoms with E-state index in [0.717, 1.165) is 6.54 Å². The van der Waals surface area contributed by atoms with Crippen molar-refractivity contribution in [1.29, 1.82) is 0 Å². The van der Waals surface area contributed by atoms with Crippen molar-refractivity contribution >= 4 is 23.9 Å². The molecular formula is C23H29FN4O4. The van der Waals surface area contributed by atoms with E-state index in [1.165, 1.54) is 25.4 Å². The number of amides is 3.